The highest BCUT2D eigenvalue weighted by Crippen LogP contribution is 2.25. The number of carboxylic acid groups (broad SMARTS) is 1. The van der Waals surface area contributed by atoms with Crippen LogP contribution in [0.2, 0.25) is 0 Å². The van der Waals surface area contributed by atoms with Gasteiger partial charge < -0.3 is 9.84 Å². The van der Waals surface area contributed by atoms with Crippen LogP contribution in [0, 0.1) is 0 Å². The van der Waals surface area contributed by atoms with E-state index in [4.69, 9.17) is 9.84 Å². The summed E-state index contributed by atoms with van der Waals surface area (Å²) in [6.07, 6.45) is 1.51. The Bertz CT molecular complexity index is 347. The average Bonchev–Trinajstić information content (AvgIpc) is 2.26. The first-order valence-corrected chi connectivity index (χ1v) is 5.64. The Morgan fingerprint density at radius 3 is 2.75 bits per heavy atom. The highest BCUT2D eigenvalue weighted by atomic mass is 16.5. The molecule has 1 rings (SSSR count). The highest BCUT2D eigenvalue weighted by Gasteiger charge is 2.18. The van der Waals surface area contributed by atoms with Crippen molar-refractivity contribution < 1.29 is 14.6 Å². The van der Waals surface area contributed by atoms with Gasteiger partial charge in [-0.05, 0) is 31.0 Å². The summed E-state index contributed by atoms with van der Waals surface area (Å²) in [6, 6.07) is 7.35. The molecule has 0 saturated carbocycles. The number of carboxylic acids is 1. The van der Waals surface area contributed by atoms with Gasteiger partial charge in [0.25, 0.3) is 0 Å². The van der Waals surface area contributed by atoms with Crippen LogP contribution in [0.1, 0.15) is 38.2 Å². The summed E-state index contributed by atoms with van der Waals surface area (Å²) in [6.45, 7) is 4.49. The van der Waals surface area contributed by atoms with Gasteiger partial charge in [0, 0.05) is 0 Å². The first kappa shape index (κ1) is 12.6. The number of hydrogen-bond donors (Lipinski definition) is 1. The van der Waals surface area contributed by atoms with Gasteiger partial charge in [-0.2, -0.15) is 0 Å². The maximum absolute atomic E-state index is 11.1. The monoisotopic (exact) mass is 222 g/mol. The van der Waals surface area contributed by atoms with Crippen LogP contribution in [-0.4, -0.2) is 17.7 Å². The Hall–Kier alpha value is -1.51. The van der Waals surface area contributed by atoms with Gasteiger partial charge in [0.05, 0.1) is 12.5 Å². The predicted molar refractivity (Wildman–Crippen MR) is 62.9 cm³/mol. The summed E-state index contributed by atoms with van der Waals surface area (Å²) in [5.41, 5.74) is 0.820. The van der Waals surface area contributed by atoms with Crippen LogP contribution in [0.3, 0.4) is 0 Å². The molecule has 16 heavy (non-hydrogen) atoms. The van der Waals surface area contributed by atoms with E-state index in [-0.39, 0.29) is 0 Å². The molecule has 3 nitrogen and oxygen atoms in total. The molecule has 0 spiro atoms. The smallest absolute Gasteiger partial charge is 0.310 e. The van der Waals surface area contributed by atoms with Crippen molar-refractivity contribution in [1.29, 1.82) is 0 Å². The molecule has 1 N–H and O–H groups in total. The molecule has 88 valence electrons. The molecule has 3 heteroatoms. The molecule has 0 radical (unpaired) electrons. The summed E-state index contributed by atoms with van der Waals surface area (Å²) in [5, 5.41) is 9.14. The quantitative estimate of drug-likeness (QED) is 0.804. The third-order valence-electron chi connectivity index (χ3n) is 2.45. The van der Waals surface area contributed by atoms with Crippen LogP contribution in [0.4, 0.5) is 0 Å². The minimum Gasteiger partial charge on any atom is -0.494 e. The topological polar surface area (TPSA) is 46.5 Å². The maximum Gasteiger partial charge on any atom is 0.310 e. The van der Waals surface area contributed by atoms with Crippen LogP contribution in [0.25, 0.3) is 0 Å². The van der Waals surface area contributed by atoms with E-state index in [0.29, 0.717) is 13.0 Å². The largest absolute Gasteiger partial charge is 0.494 e. The van der Waals surface area contributed by atoms with E-state index >= 15 is 0 Å². The van der Waals surface area contributed by atoms with E-state index < -0.39 is 11.9 Å². The number of hydrogen-bond acceptors (Lipinski definition) is 2. The summed E-state index contributed by atoms with van der Waals surface area (Å²) in [4.78, 5) is 11.1. The van der Waals surface area contributed by atoms with Crippen molar-refractivity contribution in [1.82, 2.24) is 0 Å². The molecule has 0 fully saturated rings. The normalized spacial score (nSPS) is 12.1. The van der Waals surface area contributed by atoms with Gasteiger partial charge >= 0.3 is 5.97 Å². The fourth-order valence-corrected chi connectivity index (χ4v) is 1.71. The molecular formula is C13H18O3. The lowest BCUT2D eigenvalue weighted by Gasteiger charge is -2.12. The SMILES string of the molecule is CCCC(C(=O)O)c1cccc(OCC)c1. The summed E-state index contributed by atoms with van der Waals surface area (Å²) in [7, 11) is 0. The number of ether oxygens (including phenoxy) is 1. The lowest BCUT2D eigenvalue weighted by atomic mass is 9.94. The molecule has 0 amide bonds. The van der Waals surface area contributed by atoms with Crippen LogP contribution in [0.15, 0.2) is 24.3 Å². The Morgan fingerprint density at radius 2 is 2.19 bits per heavy atom. The van der Waals surface area contributed by atoms with Crippen LogP contribution < -0.4 is 4.74 Å². The van der Waals surface area contributed by atoms with Crippen molar-refractivity contribution in [2.75, 3.05) is 6.61 Å². The molecule has 0 aliphatic rings. The van der Waals surface area contributed by atoms with Gasteiger partial charge in [-0.1, -0.05) is 25.5 Å². The first-order valence-electron chi connectivity index (χ1n) is 5.64. The fraction of sp³-hybridized carbons (Fsp3) is 0.462. The van der Waals surface area contributed by atoms with E-state index in [9.17, 15) is 4.79 Å². The van der Waals surface area contributed by atoms with E-state index in [0.717, 1.165) is 17.7 Å². The zero-order valence-corrected chi connectivity index (χ0v) is 9.77. The zero-order chi connectivity index (χ0) is 12.0. The second-order valence-corrected chi connectivity index (χ2v) is 3.69. The molecular weight excluding hydrogens is 204 g/mol. The third-order valence-corrected chi connectivity index (χ3v) is 2.45. The van der Waals surface area contributed by atoms with Gasteiger partial charge in [-0.25, -0.2) is 0 Å². The molecule has 1 unspecified atom stereocenters. The van der Waals surface area contributed by atoms with Crippen molar-refractivity contribution in [2.45, 2.75) is 32.6 Å². The molecule has 0 bridgehead atoms. The summed E-state index contributed by atoms with van der Waals surface area (Å²) in [5.74, 6) is -0.455. The van der Waals surface area contributed by atoms with E-state index in [1.165, 1.54) is 0 Å². The molecule has 0 saturated heterocycles. The third kappa shape index (κ3) is 3.26. The van der Waals surface area contributed by atoms with Gasteiger partial charge in [0.1, 0.15) is 5.75 Å². The van der Waals surface area contributed by atoms with Gasteiger partial charge in [0.15, 0.2) is 0 Å². The van der Waals surface area contributed by atoms with Gasteiger partial charge in [0.2, 0.25) is 0 Å². The fourth-order valence-electron chi connectivity index (χ4n) is 1.71. The van der Waals surface area contributed by atoms with E-state index in [1.807, 2.05) is 38.1 Å². The first-order chi connectivity index (χ1) is 7.69. The maximum atomic E-state index is 11.1. The van der Waals surface area contributed by atoms with Crippen molar-refractivity contribution in [2.24, 2.45) is 0 Å². The standard InChI is InChI=1S/C13H18O3/c1-3-6-12(13(14)15)10-7-5-8-11(9-10)16-4-2/h5,7-9,12H,3-4,6H2,1-2H3,(H,14,15). The molecule has 0 aliphatic carbocycles. The van der Waals surface area contributed by atoms with Gasteiger partial charge in [-0.3, -0.25) is 4.79 Å². The van der Waals surface area contributed by atoms with Crippen molar-refractivity contribution in [3.05, 3.63) is 29.8 Å². The number of rotatable bonds is 6. The molecule has 1 atom stereocenters. The zero-order valence-electron chi connectivity index (χ0n) is 9.77. The number of benzene rings is 1. The van der Waals surface area contributed by atoms with Crippen molar-refractivity contribution in [3.8, 4) is 5.75 Å². The van der Waals surface area contributed by atoms with Crippen molar-refractivity contribution in [3.63, 3.8) is 0 Å². The lowest BCUT2D eigenvalue weighted by molar-refractivity contribution is -0.139. The summed E-state index contributed by atoms with van der Waals surface area (Å²) >= 11 is 0. The van der Waals surface area contributed by atoms with Gasteiger partial charge in [-0.15, -0.1) is 0 Å². The molecule has 0 aliphatic heterocycles. The van der Waals surface area contributed by atoms with E-state index in [2.05, 4.69) is 0 Å². The van der Waals surface area contributed by atoms with Crippen LogP contribution in [-0.2, 0) is 4.79 Å². The predicted octanol–water partition coefficient (Wildman–Crippen LogP) is 3.05. The Balaban J connectivity index is 2.90. The second kappa shape index (κ2) is 6.16. The minimum atomic E-state index is -0.768. The van der Waals surface area contributed by atoms with Crippen LogP contribution in [0.5, 0.6) is 5.75 Å². The highest BCUT2D eigenvalue weighted by molar-refractivity contribution is 5.76. The summed E-state index contributed by atoms with van der Waals surface area (Å²) < 4.78 is 5.36. The lowest BCUT2D eigenvalue weighted by Crippen LogP contribution is -2.11. The Labute approximate surface area is 96.1 Å². The van der Waals surface area contributed by atoms with Crippen molar-refractivity contribution >= 4 is 5.97 Å². The molecule has 1 aromatic rings. The Morgan fingerprint density at radius 1 is 1.44 bits per heavy atom. The second-order valence-electron chi connectivity index (χ2n) is 3.69. The minimum absolute atomic E-state index is 0.426. The number of carbonyl (C=O) groups is 1. The van der Waals surface area contributed by atoms with Crippen LogP contribution >= 0.6 is 0 Å². The number of aliphatic carboxylic acids is 1. The molecule has 0 heterocycles. The molecule has 1 aromatic carbocycles. The van der Waals surface area contributed by atoms with E-state index in [1.54, 1.807) is 0 Å². The Kier molecular flexibility index (Phi) is 4.83. The average molecular weight is 222 g/mol. The molecule has 0 aromatic heterocycles.